The standard InChI is InChI=1S/C37H34F8N6O3/c1-2-24-26(38)6-3-19-13-23(52)14-25(27(19)24)30-29(39)31-28(33(47-30)54-37(43,44)45)32(51-15-21-4-5-22(16-51)46-21)49-34(48-31)53-18-35(9-10-35)17-50-11-7-20(8-12-50)36(40,41)42/h1,3,6,13-14,20-22,46,52H,4-5,7-12,15-18H2. The Balaban J connectivity index is 1.23. The molecule has 9 nitrogen and oxygen atoms in total. The van der Waals surface area contributed by atoms with Crippen LogP contribution in [-0.2, 0) is 0 Å². The Morgan fingerprint density at radius 2 is 1.65 bits per heavy atom. The number of nitrogens with zero attached hydrogens (tertiary/aromatic N) is 5. The minimum Gasteiger partial charge on any atom is -0.508 e. The molecule has 286 valence electrons. The Morgan fingerprint density at radius 3 is 2.28 bits per heavy atom. The van der Waals surface area contributed by atoms with Crippen LogP contribution in [0.5, 0.6) is 17.6 Å². The van der Waals surface area contributed by atoms with Crippen LogP contribution in [0.25, 0.3) is 32.9 Å². The first-order valence-corrected chi connectivity index (χ1v) is 17.6. The number of aromatic nitrogens is 3. The van der Waals surface area contributed by atoms with Gasteiger partial charge in [-0.15, -0.1) is 19.6 Å². The number of terminal acetylenes is 1. The number of halogens is 8. The van der Waals surface area contributed by atoms with E-state index in [1.807, 2.05) is 4.90 Å². The van der Waals surface area contributed by atoms with Crippen molar-refractivity contribution in [3.63, 3.8) is 0 Å². The van der Waals surface area contributed by atoms with E-state index in [0.717, 1.165) is 25.0 Å². The summed E-state index contributed by atoms with van der Waals surface area (Å²) in [7, 11) is 0. The fourth-order valence-corrected chi connectivity index (χ4v) is 8.12. The van der Waals surface area contributed by atoms with Gasteiger partial charge >= 0.3 is 18.5 Å². The maximum atomic E-state index is 17.1. The van der Waals surface area contributed by atoms with Crippen LogP contribution in [-0.4, -0.2) is 88.9 Å². The van der Waals surface area contributed by atoms with Gasteiger partial charge in [0.05, 0.1) is 18.1 Å². The molecule has 1 aliphatic carbocycles. The summed E-state index contributed by atoms with van der Waals surface area (Å²) < 4.78 is 125. The highest BCUT2D eigenvalue weighted by atomic mass is 19.4. The van der Waals surface area contributed by atoms with Crippen molar-refractivity contribution in [1.82, 2.24) is 25.2 Å². The molecule has 2 aromatic carbocycles. The third-order valence-corrected chi connectivity index (χ3v) is 11.0. The zero-order valence-electron chi connectivity index (χ0n) is 28.6. The van der Waals surface area contributed by atoms with Crippen LogP contribution in [0.1, 0.15) is 44.1 Å². The van der Waals surface area contributed by atoms with Gasteiger partial charge in [0, 0.05) is 48.1 Å². The third kappa shape index (κ3) is 7.01. The number of pyridine rings is 1. The molecule has 0 amide bonds. The van der Waals surface area contributed by atoms with Crippen molar-refractivity contribution in [3.05, 3.63) is 41.5 Å². The summed E-state index contributed by atoms with van der Waals surface area (Å²) in [4.78, 5) is 16.5. The molecule has 8 rings (SSSR count). The summed E-state index contributed by atoms with van der Waals surface area (Å²) in [5.74, 6) is -2.83. The quantitative estimate of drug-likeness (QED) is 0.144. The number of phenolic OH excluding ortho intramolecular Hbond substituents is 1. The molecule has 4 aliphatic rings. The maximum Gasteiger partial charge on any atom is 0.574 e. The maximum absolute atomic E-state index is 17.1. The average Bonchev–Trinajstić information content (AvgIpc) is 3.80. The molecule has 2 bridgehead atoms. The Labute approximate surface area is 303 Å². The van der Waals surface area contributed by atoms with Crippen LogP contribution >= 0.6 is 0 Å². The summed E-state index contributed by atoms with van der Waals surface area (Å²) in [6.45, 7) is 1.66. The first-order valence-electron chi connectivity index (χ1n) is 17.6. The van der Waals surface area contributed by atoms with Gasteiger partial charge in [0.15, 0.2) is 5.82 Å². The Morgan fingerprint density at radius 1 is 0.944 bits per heavy atom. The number of anilines is 1. The van der Waals surface area contributed by atoms with Crippen LogP contribution in [0.3, 0.4) is 0 Å². The summed E-state index contributed by atoms with van der Waals surface area (Å²) in [6, 6.07) is 4.20. The molecule has 4 fully saturated rings. The number of aromatic hydroxyl groups is 1. The van der Waals surface area contributed by atoms with Crippen molar-refractivity contribution in [3.8, 4) is 41.2 Å². The summed E-state index contributed by atoms with van der Waals surface area (Å²) in [5, 5.41) is 13.6. The number of alkyl halides is 6. The molecule has 0 spiro atoms. The van der Waals surface area contributed by atoms with Gasteiger partial charge < -0.3 is 29.7 Å². The third-order valence-electron chi connectivity index (χ3n) is 11.0. The fourth-order valence-electron chi connectivity index (χ4n) is 8.12. The molecule has 1 saturated carbocycles. The highest BCUT2D eigenvalue weighted by molar-refractivity contribution is 6.04. The zero-order valence-corrected chi connectivity index (χ0v) is 28.6. The van der Waals surface area contributed by atoms with Gasteiger partial charge in [0.25, 0.3) is 0 Å². The largest absolute Gasteiger partial charge is 0.574 e. The second-order valence-corrected chi connectivity index (χ2v) is 14.8. The van der Waals surface area contributed by atoms with Gasteiger partial charge in [-0.3, -0.25) is 0 Å². The Hall–Kier alpha value is -4.69. The summed E-state index contributed by atoms with van der Waals surface area (Å²) in [5.41, 5.74) is -2.44. The highest BCUT2D eigenvalue weighted by Gasteiger charge is 2.47. The summed E-state index contributed by atoms with van der Waals surface area (Å²) in [6.07, 6.45) is -0.925. The Bertz CT molecular complexity index is 2150. The molecule has 4 aromatic rings. The minimum atomic E-state index is -5.30. The van der Waals surface area contributed by atoms with E-state index in [2.05, 4.69) is 30.9 Å². The monoisotopic (exact) mass is 762 g/mol. The molecular weight excluding hydrogens is 728 g/mol. The van der Waals surface area contributed by atoms with Gasteiger partial charge in [-0.1, -0.05) is 12.0 Å². The second-order valence-electron chi connectivity index (χ2n) is 14.8. The molecule has 2 aromatic heterocycles. The van der Waals surface area contributed by atoms with Crippen molar-refractivity contribution in [2.75, 3.05) is 44.2 Å². The van der Waals surface area contributed by atoms with Gasteiger partial charge in [0.2, 0.25) is 5.88 Å². The van der Waals surface area contributed by atoms with E-state index >= 15 is 4.39 Å². The molecular formula is C37H34F8N6O3. The number of phenols is 1. The van der Waals surface area contributed by atoms with Crippen LogP contribution < -0.4 is 19.7 Å². The molecule has 3 aliphatic heterocycles. The number of hydrogen-bond acceptors (Lipinski definition) is 9. The minimum absolute atomic E-state index is 0.00775. The Kier molecular flexibility index (Phi) is 8.91. The number of hydrogen-bond donors (Lipinski definition) is 2. The fraction of sp³-hybridized carbons (Fsp3) is 0.486. The molecule has 0 radical (unpaired) electrons. The number of piperidine rings is 1. The number of likely N-dealkylation sites (tertiary alicyclic amines) is 1. The first kappa shape index (κ1) is 36.3. The molecule has 17 heteroatoms. The second kappa shape index (κ2) is 13.3. The predicted octanol–water partition coefficient (Wildman–Crippen LogP) is 7.08. The van der Waals surface area contributed by atoms with Crippen LogP contribution in [0.15, 0.2) is 24.3 Å². The molecule has 5 heterocycles. The normalized spacial score (nSPS) is 21.8. The van der Waals surface area contributed by atoms with E-state index in [1.54, 1.807) is 4.90 Å². The highest BCUT2D eigenvalue weighted by Crippen LogP contribution is 2.48. The number of piperazine rings is 1. The van der Waals surface area contributed by atoms with Gasteiger partial charge in [-0.2, -0.15) is 23.1 Å². The molecule has 2 N–H and O–H groups in total. The van der Waals surface area contributed by atoms with Gasteiger partial charge in [0.1, 0.15) is 34.0 Å². The number of rotatable bonds is 8. The first-order chi connectivity index (χ1) is 25.6. The molecule has 3 saturated heterocycles. The predicted molar refractivity (Wildman–Crippen MR) is 181 cm³/mol. The summed E-state index contributed by atoms with van der Waals surface area (Å²) >= 11 is 0. The molecule has 54 heavy (non-hydrogen) atoms. The number of nitrogens with one attached hydrogen (secondary N) is 1. The van der Waals surface area contributed by atoms with Crippen molar-refractivity contribution in [2.24, 2.45) is 11.3 Å². The SMILES string of the molecule is C#Cc1c(F)ccc2cc(O)cc(-c3nc(OC(F)(F)F)c4c(N5CC6CCC(C5)N6)nc(OCC5(CN6CCC(C(F)(F)F)CC6)CC5)nc4c3F)c12. The van der Waals surface area contributed by atoms with Crippen LogP contribution in [0.4, 0.5) is 40.9 Å². The van der Waals surface area contributed by atoms with Crippen LogP contribution in [0, 0.1) is 35.3 Å². The zero-order chi connectivity index (χ0) is 38.2. The van der Waals surface area contributed by atoms with Gasteiger partial charge in [-0.05, 0) is 75.2 Å². The number of ether oxygens (including phenoxy) is 2. The number of benzene rings is 2. The van der Waals surface area contributed by atoms with E-state index in [9.17, 15) is 35.8 Å². The lowest BCUT2D eigenvalue weighted by atomic mass is 9.95. The van der Waals surface area contributed by atoms with Crippen LogP contribution in [0.2, 0.25) is 0 Å². The average molecular weight is 763 g/mol. The lowest BCUT2D eigenvalue weighted by molar-refractivity contribution is -0.275. The molecule has 2 unspecified atom stereocenters. The topological polar surface area (TPSA) is 95.9 Å². The van der Waals surface area contributed by atoms with Crippen molar-refractivity contribution < 1.29 is 49.7 Å². The van der Waals surface area contributed by atoms with E-state index in [4.69, 9.17) is 11.2 Å². The van der Waals surface area contributed by atoms with Crippen molar-refractivity contribution in [2.45, 2.75) is 63.1 Å². The van der Waals surface area contributed by atoms with E-state index in [-0.39, 0.29) is 78.3 Å². The van der Waals surface area contributed by atoms with E-state index < -0.39 is 63.7 Å². The van der Waals surface area contributed by atoms with E-state index in [0.29, 0.717) is 32.5 Å². The van der Waals surface area contributed by atoms with E-state index in [1.165, 1.54) is 12.1 Å². The molecule has 2 atom stereocenters. The van der Waals surface area contributed by atoms with Crippen molar-refractivity contribution >= 4 is 27.5 Å². The lowest BCUT2D eigenvalue weighted by Gasteiger charge is -2.35. The van der Waals surface area contributed by atoms with Crippen molar-refractivity contribution in [1.29, 1.82) is 0 Å². The number of fused-ring (bicyclic) bond motifs is 4. The smallest absolute Gasteiger partial charge is 0.508 e. The lowest BCUT2D eigenvalue weighted by Crippen LogP contribution is -2.51. The van der Waals surface area contributed by atoms with Gasteiger partial charge in [-0.25, -0.2) is 13.8 Å².